The van der Waals surface area contributed by atoms with Crippen LogP contribution in [0.4, 0.5) is 10.8 Å². The molecule has 5 heteroatoms. The molecule has 0 bridgehead atoms. The lowest BCUT2D eigenvalue weighted by Gasteiger charge is -2.28. The van der Waals surface area contributed by atoms with Gasteiger partial charge in [-0.2, -0.15) is 9.64 Å². The highest BCUT2D eigenvalue weighted by Crippen LogP contribution is 2.31. The molecule has 1 aromatic heterocycles. The summed E-state index contributed by atoms with van der Waals surface area (Å²) in [6, 6.07) is 2.50. The number of hydrogen-bond acceptors (Lipinski definition) is 5. The maximum absolute atomic E-state index is 9.01. The minimum Gasteiger partial charge on any atom is -0.382 e. The van der Waals surface area contributed by atoms with Crippen molar-refractivity contribution < 1.29 is 0 Å². The molecular weight excluding hydrogens is 232 g/mol. The van der Waals surface area contributed by atoms with Crippen molar-refractivity contribution in [2.45, 2.75) is 45.1 Å². The lowest BCUT2D eigenvalue weighted by Crippen LogP contribution is -2.27. The molecule has 0 radical (unpaired) electrons. The van der Waals surface area contributed by atoms with Gasteiger partial charge in [0.15, 0.2) is 5.82 Å². The molecule has 1 unspecified atom stereocenters. The first-order chi connectivity index (χ1) is 8.22. The third-order valence-corrected chi connectivity index (χ3v) is 4.34. The Bertz CT molecular complexity index is 415. The average Bonchev–Trinajstić information content (AvgIpc) is 2.71. The lowest BCUT2D eigenvalue weighted by atomic mass is 9.84. The lowest BCUT2D eigenvalue weighted by molar-refractivity contribution is 0.328. The molecular formula is C12H18N4S. The van der Waals surface area contributed by atoms with Crippen molar-refractivity contribution in [3.8, 4) is 6.07 Å². The summed E-state index contributed by atoms with van der Waals surface area (Å²) in [5, 5.41) is 13.2. The van der Waals surface area contributed by atoms with Crippen LogP contribution in [0, 0.1) is 17.2 Å². The Hall–Kier alpha value is -1.28. The molecule has 1 atom stereocenters. The highest BCUT2D eigenvalue weighted by Gasteiger charge is 2.22. The van der Waals surface area contributed by atoms with Gasteiger partial charge in [0.1, 0.15) is 16.6 Å². The SMILES string of the molecule is CC(Nc1snc(N)c1C#N)C1CCCCC1. The number of rotatable bonds is 3. The second kappa shape index (κ2) is 5.37. The van der Waals surface area contributed by atoms with E-state index in [4.69, 9.17) is 11.0 Å². The number of nitrogens with zero attached hydrogens (tertiary/aromatic N) is 2. The van der Waals surface area contributed by atoms with E-state index in [0.717, 1.165) is 5.00 Å². The van der Waals surface area contributed by atoms with E-state index in [1.54, 1.807) is 0 Å². The van der Waals surface area contributed by atoms with Crippen molar-refractivity contribution in [3.05, 3.63) is 5.56 Å². The molecule has 1 aliphatic carbocycles. The highest BCUT2D eigenvalue weighted by atomic mass is 32.1. The summed E-state index contributed by atoms with van der Waals surface area (Å²) in [5.41, 5.74) is 6.14. The maximum Gasteiger partial charge on any atom is 0.157 e. The first-order valence-electron chi connectivity index (χ1n) is 6.14. The minimum atomic E-state index is 0.343. The summed E-state index contributed by atoms with van der Waals surface area (Å²) in [6.07, 6.45) is 6.58. The fourth-order valence-corrected chi connectivity index (χ4v) is 3.23. The van der Waals surface area contributed by atoms with E-state index in [0.29, 0.717) is 23.3 Å². The van der Waals surface area contributed by atoms with E-state index in [9.17, 15) is 0 Å². The van der Waals surface area contributed by atoms with E-state index in [2.05, 4.69) is 22.7 Å². The van der Waals surface area contributed by atoms with Crippen LogP contribution in [-0.4, -0.2) is 10.4 Å². The predicted molar refractivity (Wildman–Crippen MR) is 70.9 cm³/mol. The number of nitrogen functional groups attached to an aromatic ring is 1. The zero-order chi connectivity index (χ0) is 12.3. The number of hydrogen-bond donors (Lipinski definition) is 2. The van der Waals surface area contributed by atoms with Crippen LogP contribution in [0.2, 0.25) is 0 Å². The number of nitrogens with two attached hydrogens (primary N) is 1. The Morgan fingerprint density at radius 1 is 1.47 bits per heavy atom. The third-order valence-electron chi connectivity index (χ3n) is 3.55. The van der Waals surface area contributed by atoms with E-state index in [-0.39, 0.29) is 0 Å². The van der Waals surface area contributed by atoms with E-state index >= 15 is 0 Å². The molecule has 0 amide bonds. The quantitative estimate of drug-likeness (QED) is 0.864. The van der Waals surface area contributed by atoms with E-state index in [1.165, 1.54) is 43.6 Å². The molecule has 3 N–H and O–H groups in total. The molecule has 92 valence electrons. The largest absolute Gasteiger partial charge is 0.382 e. The van der Waals surface area contributed by atoms with Gasteiger partial charge in [-0.1, -0.05) is 19.3 Å². The molecule has 0 aliphatic heterocycles. The smallest absolute Gasteiger partial charge is 0.157 e. The first kappa shape index (κ1) is 12.2. The number of aromatic nitrogens is 1. The molecule has 0 aromatic carbocycles. The van der Waals surface area contributed by atoms with Crippen molar-refractivity contribution >= 4 is 22.4 Å². The van der Waals surface area contributed by atoms with Gasteiger partial charge >= 0.3 is 0 Å². The van der Waals surface area contributed by atoms with Gasteiger partial charge in [-0.3, -0.25) is 0 Å². The average molecular weight is 250 g/mol. The number of nitrogens with one attached hydrogen (secondary N) is 1. The Morgan fingerprint density at radius 3 is 2.82 bits per heavy atom. The molecule has 2 rings (SSSR count). The summed E-state index contributed by atoms with van der Waals surface area (Å²) >= 11 is 1.28. The van der Waals surface area contributed by atoms with E-state index < -0.39 is 0 Å². The first-order valence-corrected chi connectivity index (χ1v) is 6.91. The van der Waals surface area contributed by atoms with Crippen LogP contribution in [0.15, 0.2) is 0 Å². The van der Waals surface area contributed by atoms with Gasteiger partial charge in [-0.25, -0.2) is 0 Å². The molecule has 0 saturated heterocycles. The molecule has 17 heavy (non-hydrogen) atoms. The van der Waals surface area contributed by atoms with Crippen LogP contribution >= 0.6 is 11.5 Å². The van der Waals surface area contributed by atoms with Crippen LogP contribution in [0.5, 0.6) is 0 Å². The van der Waals surface area contributed by atoms with Crippen molar-refractivity contribution in [1.29, 1.82) is 5.26 Å². The van der Waals surface area contributed by atoms with Gasteiger partial charge in [0.05, 0.1) is 0 Å². The van der Waals surface area contributed by atoms with Crippen molar-refractivity contribution in [1.82, 2.24) is 4.37 Å². The fraction of sp³-hybridized carbons (Fsp3) is 0.667. The Morgan fingerprint density at radius 2 is 2.18 bits per heavy atom. The molecule has 4 nitrogen and oxygen atoms in total. The Labute approximate surface area is 106 Å². The van der Waals surface area contributed by atoms with Gasteiger partial charge in [0.25, 0.3) is 0 Å². The minimum absolute atomic E-state index is 0.343. The fourth-order valence-electron chi connectivity index (χ4n) is 2.47. The highest BCUT2D eigenvalue weighted by molar-refractivity contribution is 7.10. The normalized spacial score (nSPS) is 18.6. The summed E-state index contributed by atoms with van der Waals surface area (Å²) in [4.78, 5) is 0. The van der Waals surface area contributed by atoms with E-state index in [1.807, 2.05) is 0 Å². The summed E-state index contributed by atoms with van der Waals surface area (Å²) < 4.78 is 4.02. The maximum atomic E-state index is 9.01. The van der Waals surface area contributed by atoms with Gasteiger partial charge in [-0.05, 0) is 37.2 Å². The van der Waals surface area contributed by atoms with Gasteiger partial charge in [0.2, 0.25) is 0 Å². The van der Waals surface area contributed by atoms with Gasteiger partial charge in [-0.15, -0.1) is 0 Å². The second-order valence-corrected chi connectivity index (χ2v) is 5.49. The Kier molecular flexibility index (Phi) is 3.85. The van der Waals surface area contributed by atoms with Crippen LogP contribution in [0.3, 0.4) is 0 Å². The van der Waals surface area contributed by atoms with Crippen molar-refractivity contribution in [2.75, 3.05) is 11.1 Å². The molecule has 1 aliphatic rings. The summed E-state index contributed by atoms with van der Waals surface area (Å²) in [7, 11) is 0. The van der Waals surface area contributed by atoms with Crippen molar-refractivity contribution in [3.63, 3.8) is 0 Å². The number of anilines is 2. The predicted octanol–water partition coefficient (Wildman–Crippen LogP) is 2.98. The number of nitriles is 1. The molecule has 1 heterocycles. The molecule has 1 fully saturated rings. The third kappa shape index (κ3) is 2.70. The van der Waals surface area contributed by atoms with Crippen molar-refractivity contribution in [2.24, 2.45) is 5.92 Å². The van der Waals surface area contributed by atoms with Crippen LogP contribution in [-0.2, 0) is 0 Å². The Balaban J connectivity index is 2.02. The molecule has 1 aromatic rings. The zero-order valence-corrected chi connectivity index (χ0v) is 10.9. The van der Waals surface area contributed by atoms with Gasteiger partial charge in [0, 0.05) is 6.04 Å². The van der Waals surface area contributed by atoms with Crippen LogP contribution < -0.4 is 11.1 Å². The monoisotopic (exact) mass is 250 g/mol. The molecule has 1 saturated carbocycles. The van der Waals surface area contributed by atoms with Crippen LogP contribution in [0.25, 0.3) is 0 Å². The van der Waals surface area contributed by atoms with Gasteiger partial charge < -0.3 is 11.1 Å². The van der Waals surface area contributed by atoms with Crippen LogP contribution in [0.1, 0.15) is 44.6 Å². The second-order valence-electron chi connectivity index (χ2n) is 4.71. The topological polar surface area (TPSA) is 74.7 Å². The molecule has 0 spiro atoms. The summed E-state index contributed by atoms with van der Waals surface area (Å²) in [5.74, 6) is 1.05. The zero-order valence-electron chi connectivity index (χ0n) is 10.1. The summed E-state index contributed by atoms with van der Waals surface area (Å²) in [6.45, 7) is 2.19. The standard InChI is InChI=1S/C12H18N4S/c1-8(9-5-3-2-4-6-9)15-12-10(7-13)11(14)16-17-12/h8-9,15H,2-6H2,1H3,(H2,14,16).